The second-order valence-corrected chi connectivity index (χ2v) is 8.20. The van der Waals surface area contributed by atoms with Gasteiger partial charge in [0.05, 0.1) is 0 Å². The lowest BCUT2D eigenvalue weighted by molar-refractivity contribution is 0.0179. The van der Waals surface area contributed by atoms with Gasteiger partial charge in [0.15, 0.2) is 0 Å². The van der Waals surface area contributed by atoms with Crippen LogP contribution in [0.1, 0.15) is 46.5 Å². The maximum atomic E-state index is 12.1. The number of hydrogen-bond acceptors (Lipinski definition) is 4. The molecular formula is C18H35N3O2. The van der Waals surface area contributed by atoms with Crippen molar-refractivity contribution in [3.8, 4) is 0 Å². The zero-order valence-corrected chi connectivity index (χ0v) is 15.5. The zero-order chi connectivity index (χ0) is 16.9. The van der Waals surface area contributed by atoms with E-state index in [2.05, 4.69) is 16.8 Å². The number of ether oxygens (including phenoxy) is 1. The maximum absolute atomic E-state index is 12.1. The zero-order valence-electron chi connectivity index (χ0n) is 15.5. The molecular weight excluding hydrogens is 290 g/mol. The first-order chi connectivity index (χ1) is 10.8. The van der Waals surface area contributed by atoms with Gasteiger partial charge in [0.25, 0.3) is 0 Å². The molecule has 0 aliphatic carbocycles. The molecule has 0 spiro atoms. The molecule has 0 bridgehead atoms. The third kappa shape index (κ3) is 6.68. The van der Waals surface area contributed by atoms with Crippen LogP contribution in [-0.4, -0.2) is 79.3 Å². The molecule has 0 N–H and O–H groups in total. The van der Waals surface area contributed by atoms with E-state index in [9.17, 15) is 4.79 Å². The lowest BCUT2D eigenvalue weighted by Gasteiger charge is -2.34. The van der Waals surface area contributed by atoms with Crippen molar-refractivity contribution < 1.29 is 9.53 Å². The summed E-state index contributed by atoms with van der Waals surface area (Å²) in [5.41, 5.74) is -0.392. The van der Waals surface area contributed by atoms with E-state index >= 15 is 0 Å². The van der Waals surface area contributed by atoms with E-state index in [1.165, 1.54) is 45.6 Å². The van der Waals surface area contributed by atoms with Gasteiger partial charge in [0.2, 0.25) is 0 Å². The third-order valence-corrected chi connectivity index (χ3v) is 4.95. The Morgan fingerprint density at radius 3 is 2.22 bits per heavy atom. The molecule has 134 valence electrons. The smallest absolute Gasteiger partial charge is 0.410 e. The van der Waals surface area contributed by atoms with Crippen molar-refractivity contribution in [1.29, 1.82) is 0 Å². The van der Waals surface area contributed by atoms with Gasteiger partial charge in [0, 0.05) is 39.3 Å². The van der Waals surface area contributed by atoms with Crippen LogP contribution < -0.4 is 0 Å². The van der Waals surface area contributed by atoms with Crippen molar-refractivity contribution >= 4 is 6.09 Å². The summed E-state index contributed by atoms with van der Waals surface area (Å²) in [5.74, 6) is 0.779. The minimum absolute atomic E-state index is 0.145. The largest absolute Gasteiger partial charge is 0.444 e. The number of amides is 1. The van der Waals surface area contributed by atoms with E-state index in [0.29, 0.717) is 0 Å². The van der Waals surface area contributed by atoms with Crippen molar-refractivity contribution in [2.75, 3.05) is 52.9 Å². The van der Waals surface area contributed by atoms with Crippen molar-refractivity contribution in [3.63, 3.8) is 0 Å². The summed E-state index contributed by atoms with van der Waals surface area (Å²) in [6, 6.07) is 0. The number of rotatable bonds is 4. The summed E-state index contributed by atoms with van der Waals surface area (Å²) < 4.78 is 5.46. The minimum atomic E-state index is -0.392. The molecule has 0 aromatic rings. The first-order valence-electron chi connectivity index (χ1n) is 9.22. The maximum Gasteiger partial charge on any atom is 0.410 e. The van der Waals surface area contributed by atoms with Gasteiger partial charge in [-0.1, -0.05) is 0 Å². The fourth-order valence-corrected chi connectivity index (χ4v) is 3.41. The lowest BCUT2D eigenvalue weighted by Crippen LogP contribution is -2.44. The van der Waals surface area contributed by atoms with Crippen LogP contribution >= 0.6 is 0 Å². The Morgan fingerprint density at radius 2 is 1.65 bits per heavy atom. The van der Waals surface area contributed by atoms with Crippen LogP contribution in [0.25, 0.3) is 0 Å². The average Bonchev–Trinajstić information content (AvgIpc) is 2.48. The highest BCUT2D eigenvalue weighted by atomic mass is 16.6. The SMILES string of the molecule is CN1CCN(CCCC2CCN(C(=O)OC(C)(C)C)CC2)CC1. The quantitative estimate of drug-likeness (QED) is 0.796. The van der Waals surface area contributed by atoms with Gasteiger partial charge in [-0.05, 0) is 66.0 Å². The van der Waals surface area contributed by atoms with E-state index in [0.717, 1.165) is 31.8 Å². The molecule has 5 heteroatoms. The van der Waals surface area contributed by atoms with Gasteiger partial charge in [-0.3, -0.25) is 0 Å². The molecule has 2 aliphatic rings. The van der Waals surface area contributed by atoms with Crippen LogP contribution in [0.4, 0.5) is 4.79 Å². The third-order valence-electron chi connectivity index (χ3n) is 4.95. The average molecular weight is 325 g/mol. The van der Waals surface area contributed by atoms with E-state index in [1.54, 1.807) is 0 Å². The van der Waals surface area contributed by atoms with Gasteiger partial charge < -0.3 is 19.4 Å². The number of nitrogens with zero attached hydrogens (tertiary/aromatic N) is 3. The molecule has 0 unspecified atom stereocenters. The predicted octanol–water partition coefficient (Wildman–Crippen LogP) is 2.66. The predicted molar refractivity (Wildman–Crippen MR) is 93.7 cm³/mol. The topological polar surface area (TPSA) is 36.0 Å². The molecule has 0 atom stereocenters. The van der Waals surface area contributed by atoms with Gasteiger partial charge in [-0.2, -0.15) is 0 Å². The standard InChI is InChI=1S/C18H35N3O2/c1-18(2,3)23-17(22)21-10-7-16(8-11-21)6-5-9-20-14-12-19(4)13-15-20/h16H,5-15H2,1-4H3. The van der Waals surface area contributed by atoms with E-state index in [4.69, 9.17) is 4.74 Å². The second kappa shape index (κ2) is 8.34. The monoisotopic (exact) mass is 325 g/mol. The number of likely N-dealkylation sites (N-methyl/N-ethyl adjacent to an activating group) is 1. The van der Waals surface area contributed by atoms with E-state index in [-0.39, 0.29) is 6.09 Å². The minimum Gasteiger partial charge on any atom is -0.444 e. The van der Waals surface area contributed by atoms with Crippen molar-refractivity contribution in [2.45, 2.75) is 52.1 Å². The second-order valence-electron chi connectivity index (χ2n) is 8.20. The summed E-state index contributed by atoms with van der Waals surface area (Å²) in [6.45, 7) is 13.6. The Bertz CT molecular complexity index is 365. The summed E-state index contributed by atoms with van der Waals surface area (Å²) in [7, 11) is 2.20. The van der Waals surface area contributed by atoms with Crippen molar-refractivity contribution in [1.82, 2.24) is 14.7 Å². The van der Waals surface area contributed by atoms with Crippen LogP contribution in [0.15, 0.2) is 0 Å². The summed E-state index contributed by atoms with van der Waals surface area (Å²) in [4.78, 5) is 18.9. The Kier molecular flexibility index (Phi) is 6.72. The Morgan fingerprint density at radius 1 is 1.04 bits per heavy atom. The number of piperidine rings is 1. The molecule has 2 rings (SSSR count). The normalized spacial score (nSPS) is 22.3. The highest BCUT2D eigenvalue weighted by molar-refractivity contribution is 5.68. The summed E-state index contributed by atoms with van der Waals surface area (Å²) >= 11 is 0. The Balaban J connectivity index is 1.59. The van der Waals surface area contributed by atoms with Crippen molar-refractivity contribution in [3.05, 3.63) is 0 Å². The van der Waals surface area contributed by atoms with Crippen molar-refractivity contribution in [2.24, 2.45) is 5.92 Å². The van der Waals surface area contributed by atoms with E-state index in [1.807, 2.05) is 25.7 Å². The van der Waals surface area contributed by atoms with Gasteiger partial charge in [-0.25, -0.2) is 4.79 Å². The molecule has 2 fully saturated rings. The highest BCUT2D eigenvalue weighted by Gasteiger charge is 2.26. The fourth-order valence-electron chi connectivity index (χ4n) is 3.41. The first-order valence-corrected chi connectivity index (χ1v) is 9.22. The van der Waals surface area contributed by atoms with Crippen LogP contribution in [0.2, 0.25) is 0 Å². The molecule has 2 aliphatic heterocycles. The molecule has 0 aromatic carbocycles. The summed E-state index contributed by atoms with van der Waals surface area (Å²) in [6.07, 6.45) is 4.70. The van der Waals surface area contributed by atoms with Crippen LogP contribution in [0.5, 0.6) is 0 Å². The fraction of sp³-hybridized carbons (Fsp3) is 0.944. The number of carbonyl (C=O) groups excluding carboxylic acids is 1. The number of likely N-dealkylation sites (tertiary alicyclic amines) is 1. The van der Waals surface area contributed by atoms with Gasteiger partial charge in [0.1, 0.15) is 5.60 Å². The molecule has 0 radical (unpaired) electrons. The number of hydrogen-bond donors (Lipinski definition) is 0. The molecule has 2 saturated heterocycles. The Labute approximate surface area is 141 Å². The highest BCUT2D eigenvalue weighted by Crippen LogP contribution is 2.23. The van der Waals surface area contributed by atoms with Crippen LogP contribution in [0.3, 0.4) is 0 Å². The molecule has 0 saturated carbocycles. The molecule has 0 aromatic heterocycles. The van der Waals surface area contributed by atoms with Gasteiger partial charge >= 0.3 is 6.09 Å². The van der Waals surface area contributed by atoms with Gasteiger partial charge in [-0.15, -0.1) is 0 Å². The molecule has 2 heterocycles. The molecule has 1 amide bonds. The van der Waals surface area contributed by atoms with E-state index < -0.39 is 5.60 Å². The molecule has 23 heavy (non-hydrogen) atoms. The molecule has 5 nitrogen and oxygen atoms in total. The van der Waals surface area contributed by atoms with Crippen LogP contribution in [0, 0.1) is 5.92 Å². The Hall–Kier alpha value is -0.810. The lowest BCUT2D eigenvalue weighted by atomic mass is 9.92. The summed E-state index contributed by atoms with van der Waals surface area (Å²) in [5, 5.41) is 0. The number of carbonyl (C=O) groups is 1. The van der Waals surface area contributed by atoms with Crippen LogP contribution in [-0.2, 0) is 4.74 Å². The first kappa shape index (κ1) is 18.5. The number of piperazine rings is 1.